The first-order valence-electron chi connectivity index (χ1n) is 12.9. The molecule has 4 aromatic rings. The number of aliphatic hydroxyl groups is 1. The van der Waals surface area contributed by atoms with Crippen LogP contribution in [0.5, 0.6) is 17.2 Å². The van der Waals surface area contributed by atoms with Gasteiger partial charge in [0.25, 0.3) is 5.78 Å². The van der Waals surface area contributed by atoms with Crippen LogP contribution in [0.1, 0.15) is 40.8 Å². The van der Waals surface area contributed by atoms with Gasteiger partial charge in [-0.3, -0.25) is 14.5 Å². The summed E-state index contributed by atoms with van der Waals surface area (Å²) in [5.41, 5.74) is 4.76. The molecule has 3 aromatic carbocycles. The number of anilines is 1. The SMILES string of the molecule is COc1ccc(C2C(=C(O)c3ccc4c(c3)CC(C)O4)C(=O)C(=O)N2c2nc3c(C)cc(C)cc3s2)cc1OC. The van der Waals surface area contributed by atoms with Crippen molar-refractivity contribution in [1.29, 1.82) is 0 Å². The normalized spacial score (nSPS) is 19.7. The van der Waals surface area contributed by atoms with E-state index in [2.05, 4.69) is 0 Å². The Kier molecular flexibility index (Phi) is 6.26. The Morgan fingerprint density at radius 3 is 2.58 bits per heavy atom. The zero-order chi connectivity index (χ0) is 28.3. The first-order chi connectivity index (χ1) is 19.2. The average molecular weight is 557 g/mol. The molecule has 2 atom stereocenters. The molecule has 1 saturated heterocycles. The van der Waals surface area contributed by atoms with Crippen LogP contribution in [0.15, 0.2) is 54.1 Å². The largest absolute Gasteiger partial charge is 0.507 e. The standard InChI is InChI=1S/C31H28N2O6S/c1-15-10-16(2)26-24(11-15)40-31(32-26)33-27(18-6-9-22(37-4)23(14-18)38-5)25(29(35)30(33)36)28(34)19-7-8-21-20(13-19)12-17(3)39-21/h6-11,13-14,17,27,34H,12H2,1-5H3. The minimum absolute atomic E-state index is 0.0173. The molecule has 204 valence electrons. The highest BCUT2D eigenvalue weighted by Crippen LogP contribution is 2.46. The zero-order valence-electron chi connectivity index (χ0n) is 22.8. The number of benzene rings is 3. The molecule has 2 unspecified atom stereocenters. The van der Waals surface area contributed by atoms with Gasteiger partial charge >= 0.3 is 5.91 Å². The fourth-order valence-electron chi connectivity index (χ4n) is 5.55. The first kappa shape index (κ1) is 25.9. The van der Waals surface area contributed by atoms with E-state index in [9.17, 15) is 14.7 Å². The summed E-state index contributed by atoms with van der Waals surface area (Å²) < 4.78 is 17.7. The number of methoxy groups -OCH3 is 2. The van der Waals surface area contributed by atoms with Gasteiger partial charge in [-0.25, -0.2) is 4.98 Å². The molecule has 40 heavy (non-hydrogen) atoms. The quantitative estimate of drug-likeness (QED) is 0.186. The molecule has 1 amide bonds. The van der Waals surface area contributed by atoms with Crippen LogP contribution in [0.25, 0.3) is 16.0 Å². The van der Waals surface area contributed by atoms with E-state index in [1.807, 2.05) is 39.0 Å². The smallest absolute Gasteiger partial charge is 0.301 e. The van der Waals surface area contributed by atoms with Crippen LogP contribution in [0.2, 0.25) is 0 Å². The summed E-state index contributed by atoms with van der Waals surface area (Å²) in [6, 6.07) is 13.6. The lowest BCUT2D eigenvalue weighted by Gasteiger charge is -2.23. The van der Waals surface area contributed by atoms with Gasteiger partial charge in [0.1, 0.15) is 17.6 Å². The van der Waals surface area contributed by atoms with Crippen LogP contribution in [-0.4, -0.2) is 42.1 Å². The van der Waals surface area contributed by atoms with Crippen molar-refractivity contribution in [2.45, 2.75) is 39.3 Å². The number of rotatable bonds is 5. The number of fused-ring (bicyclic) bond motifs is 2. The summed E-state index contributed by atoms with van der Waals surface area (Å²) in [5.74, 6) is -0.105. The van der Waals surface area contributed by atoms with Gasteiger partial charge in [0.15, 0.2) is 16.6 Å². The number of carbonyl (C=O) groups is 2. The first-order valence-corrected chi connectivity index (χ1v) is 13.7. The maximum absolute atomic E-state index is 13.7. The number of aliphatic hydroxyl groups excluding tert-OH is 1. The van der Waals surface area contributed by atoms with Gasteiger partial charge in [-0.05, 0) is 79.4 Å². The summed E-state index contributed by atoms with van der Waals surface area (Å²) in [6.45, 7) is 5.95. The highest BCUT2D eigenvalue weighted by molar-refractivity contribution is 7.22. The Morgan fingerprint density at radius 1 is 1.05 bits per heavy atom. The van der Waals surface area contributed by atoms with Crippen molar-refractivity contribution in [1.82, 2.24) is 4.98 Å². The van der Waals surface area contributed by atoms with Crippen molar-refractivity contribution in [3.05, 3.63) is 81.9 Å². The molecule has 0 aliphatic carbocycles. The molecule has 3 heterocycles. The lowest BCUT2D eigenvalue weighted by atomic mass is 9.94. The summed E-state index contributed by atoms with van der Waals surface area (Å²) in [6.07, 6.45) is 0.713. The van der Waals surface area contributed by atoms with Crippen molar-refractivity contribution in [3.8, 4) is 17.2 Å². The van der Waals surface area contributed by atoms with Crippen molar-refractivity contribution < 1.29 is 28.9 Å². The summed E-state index contributed by atoms with van der Waals surface area (Å²) in [4.78, 5) is 33.5. The third-order valence-electron chi connectivity index (χ3n) is 7.36. The van der Waals surface area contributed by atoms with E-state index in [4.69, 9.17) is 19.2 Å². The number of hydrogen-bond donors (Lipinski definition) is 1. The lowest BCUT2D eigenvalue weighted by Crippen LogP contribution is -2.29. The number of aryl methyl sites for hydroxylation is 2. The Hall–Kier alpha value is -4.37. The third kappa shape index (κ3) is 4.08. The van der Waals surface area contributed by atoms with Gasteiger partial charge < -0.3 is 19.3 Å². The minimum Gasteiger partial charge on any atom is -0.507 e. The molecular formula is C31H28N2O6S. The Labute approximate surface area is 235 Å². The van der Waals surface area contributed by atoms with Gasteiger partial charge in [-0.15, -0.1) is 0 Å². The van der Waals surface area contributed by atoms with Crippen molar-refractivity contribution in [3.63, 3.8) is 0 Å². The lowest BCUT2D eigenvalue weighted by molar-refractivity contribution is -0.132. The number of thiazole rings is 1. The molecule has 0 radical (unpaired) electrons. The zero-order valence-corrected chi connectivity index (χ0v) is 23.6. The van der Waals surface area contributed by atoms with Crippen LogP contribution in [0, 0.1) is 13.8 Å². The van der Waals surface area contributed by atoms with E-state index < -0.39 is 17.7 Å². The number of carbonyl (C=O) groups excluding carboxylic acids is 2. The Balaban J connectivity index is 1.57. The maximum Gasteiger partial charge on any atom is 0.301 e. The van der Waals surface area contributed by atoms with Crippen LogP contribution < -0.4 is 19.1 Å². The molecule has 2 aliphatic heterocycles. The number of Topliss-reactive ketones (excluding diaryl/α,β-unsaturated/α-hetero) is 1. The summed E-state index contributed by atoms with van der Waals surface area (Å²) in [7, 11) is 3.05. The molecular weight excluding hydrogens is 528 g/mol. The van der Waals surface area contributed by atoms with E-state index >= 15 is 0 Å². The molecule has 9 heteroatoms. The predicted octanol–water partition coefficient (Wildman–Crippen LogP) is 5.88. The van der Waals surface area contributed by atoms with E-state index in [0.717, 1.165) is 32.7 Å². The third-order valence-corrected chi connectivity index (χ3v) is 8.36. The van der Waals surface area contributed by atoms with Crippen molar-refractivity contribution in [2.24, 2.45) is 0 Å². The summed E-state index contributed by atoms with van der Waals surface area (Å²) >= 11 is 1.34. The molecule has 1 aromatic heterocycles. The van der Waals surface area contributed by atoms with E-state index in [1.165, 1.54) is 30.5 Å². The fourth-order valence-corrected chi connectivity index (χ4v) is 6.72. The van der Waals surface area contributed by atoms with Crippen molar-refractivity contribution >= 4 is 44.1 Å². The van der Waals surface area contributed by atoms with Gasteiger partial charge in [-0.1, -0.05) is 23.5 Å². The molecule has 2 aliphatic rings. The van der Waals surface area contributed by atoms with Gasteiger partial charge in [-0.2, -0.15) is 0 Å². The second kappa shape index (κ2) is 9.67. The number of amides is 1. The second-order valence-electron chi connectivity index (χ2n) is 10.2. The maximum atomic E-state index is 13.7. The highest BCUT2D eigenvalue weighted by Gasteiger charge is 2.48. The molecule has 1 N–H and O–H groups in total. The molecule has 1 fully saturated rings. The fraction of sp³-hybridized carbons (Fsp3) is 0.258. The van der Waals surface area contributed by atoms with Crippen LogP contribution >= 0.6 is 11.3 Å². The van der Waals surface area contributed by atoms with E-state index in [-0.39, 0.29) is 17.4 Å². The molecule has 6 rings (SSSR count). The second-order valence-corrected chi connectivity index (χ2v) is 11.2. The Morgan fingerprint density at radius 2 is 1.82 bits per heavy atom. The van der Waals surface area contributed by atoms with E-state index in [0.29, 0.717) is 34.2 Å². The van der Waals surface area contributed by atoms with Crippen molar-refractivity contribution in [2.75, 3.05) is 19.1 Å². The minimum atomic E-state index is -0.940. The van der Waals surface area contributed by atoms with Gasteiger partial charge in [0.05, 0.1) is 36.1 Å². The van der Waals surface area contributed by atoms with E-state index in [1.54, 1.807) is 30.3 Å². The number of nitrogens with zero attached hydrogens (tertiary/aromatic N) is 2. The van der Waals surface area contributed by atoms with Crippen LogP contribution in [0.4, 0.5) is 5.13 Å². The van der Waals surface area contributed by atoms with Gasteiger partial charge in [0.2, 0.25) is 0 Å². The number of ketones is 1. The highest BCUT2D eigenvalue weighted by atomic mass is 32.1. The molecule has 0 saturated carbocycles. The molecule has 8 nitrogen and oxygen atoms in total. The van der Waals surface area contributed by atoms with Crippen LogP contribution in [0.3, 0.4) is 0 Å². The molecule has 0 spiro atoms. The monoisotopic (exact) mass is 556 g/mol. The molecule has 0 bridgehead atoms. The Bertz CT molecular complexity index is 1740. The predicted molar refractivity (Wildman–Crippen MR) is 154 cm³/mol. The number of aromatic nitrogens is 1. The topological polar surface area (TPSA) is 98.2 Å². The average Bonchev–Trinajstić information content (AvgIpc) is 3.60. The number of hydrogen-bond acceptors (Lipinski definition) is 8. The van der Waals surface area contributed by atoms with Crippen LogP contribution in [-0.2, 0) is 16.0 Å². The van der Waals surface area contributed by atoms with Gasteiger partial charge in [0, 0.05) is 12.0 Å². The summed E-state index contributed by atoms with van der Waals surface area (Å²) in [5, 5.41) is 12.0. The number of ether oxygens (including phenoxy) is 3.